The van der Waals surface area contributed by atoms with E-state index in [2.05, 4.69) is 10.3 Å². The highest BCUT2D eigenvalue weighted by atomic mass is 32.1. The van der Waals surface area contributed by atoms with E-state index < -0.39 is 0 Å². The molecule has 3 N–H and O–H groups in total. The van der Waals surface area contributed by atoms with Gasteiger partial charge in [-0.2, -0.15) is 0 Å². The van der Waals surface area contributed by atoms with E-state index in [-0.39, 0.29) is 5.91 Å². The normalized spacial score (nSPS) is 17.0. The third-order valence-corrected chi connectivity index (χ3v) is 3.99. The standard InChI is InChI=1S/C12H19N3OS/c13-7-6-11-15-10(8-17-11)12(16)14-9-4-2-1-3-5-9/h8-9H,1-7,13H2,(H,14,16). The molecule has 0 aromatic carbocycles. The van der Waals surface area contributed by atoms with Crippen LogP contribution in [0.3, 0.4) is 0 Å². The summed E-state index contributed by atoms with van der Waals surface area (Å²) < 4.78 is 0. The van der Waals surface area contributed by atoms with E-state index in [1.165, 1.54) is 30.6 Å². The van der Waals surface area contributed by atoms with Gasteiger partial charge in [-0.1, -0.05) is 19.3 Å². The van der Waals surface area contributed by atoms with Crippen LogP contribution in [0.25, 0.3) is 0 Å². The zero-order valence-electron chi connectivity index (χ0n) is 9.95. The zero-order chi connectivity index (χ0) is 12.1. The maximum absolute atomic E-state index is 11.9. The first kappa shape index (κ1) is 12.5. The van der Waals surface area contributed by atoms with Crippen LogP contribution in [0, 0.1) is 0 Å². The summed E-state index contributed by atoms with van der Waals surface area (Å²) in [5.41, 5.74) is 6.01. The van der Waals surface area contributed by atoms with E-state index in [4.69, 9.17) is 5.73 Å². The molecular formula is C12H19N3OS. The molecule has 5 heteroatoms. The SMILES string of the molecule is NCCc1nc(C(=O)NC2CCCCC2)cs1. The molecular weight excluding hydrogens is 234 g/mol. The second-order valence-electron chi connectivity index (χ2n) is 4.47. The van der Waals surface area contributed by atoms with Crippen molar-refractivity contribution in [1.29, 1.82) is 0 Å². The Morgan fingerprint density at radius 2 is 2.24 bits per heavy atom. The molecule has 0 saturated heterocycles. The van der Waals surface area contributed by atoms with Crippen LogP contribution in [0.5, 0.6) is 0 Å². The Labute approximate surface area is 106 Å². The number of carbonyl (C=O) groups excluding carboxylic acids is 1. The van der Waals surface area contributed by atoms with Gasteiger partial charge in [0, 0.05) is 17.8 Å². The van der Waals surface area contributed by atoms with E-state index in [1.54, 1.807) is 0 Å². The molecule has 2 rings (SSSR count). The average molecular weight is 253 g/mol. The number of hydrogen-bond donors (Lipinski definition) is 2. The van der Waals surface area contributed by atoms with Crippen LogP contribution in [0.15, 0.2) is 5.38 Å². The van der Waals surface area contributed by atoms with E-state index in [1.807, 2.05) is 5.38 Å². The molecule has 0 unspecified atom stereocenters. The summed E-state index contributed by atoms with van der Waals surface area (Å²) in [6, 6.07) is 0.343. The van der Waals surface area contributed by atoms with E-state index in [9.17, 15) is 4.79 Å². The maximum atomic E-state index is 11.9. The van der Waals surface area contributed by atoms with Crippen LogP contribution in [-0.4, -0.2) is 23.5 Å². The molecule has 1 aromatic heterocycles. The van der Waals surface area contributed by atoms with Crippen molar-refractivity contribution in [2.45, 2.75) is 44.6 Å². The highest BCUT2D eigenvalue weighted by Crippen LogP contribution is 2.18. The number of nitrogens with one attached hydrogen (secondary N) is 1. The van der Waals surface area contributed by atoms with Crippen LogP contribution in [0.4, 0.5) is 0 Å². The van der Waals surface area contributed by atoms with Gasteiger partial charge in [0.25, 0.3) is 5.91 Å². The van der Waals surface area contributed by atoms with Gasteiger partial charge in [0.15, 0.2) is 0 Å². The highest BCUT2D eigenvalue weighted by molar-refractivity contribution is 7.09. The molecule has 0 aliphatic heterocycles. The number of aromatic nitrogens is 1. The minimum atomic E-state index is -0.0311. The van der Waals surface area contributed by atoms with Gasteiger partial charge in [-0.05, 0) is 19.4 Å². The first-order chi connectivity index (χ1) is 8.29. The van der Waals surface area contributed by atoms with Crippen LogP contribution >= 0.6 is 11.3 Å². The molecule has 1 aromatic rings. The molecule has 1 aliphatic carbocycles. The number of amides is 1. The summed E-state index contributed by atoms with van der Waals surface area (Å²) in [7, 11) is 0. The van der Waals surface area contributed by atoms with E-state index in [0.717, 1.165) is 24.3 Å². The largest absolute Gasteiger partial charge is 0.348 e. The molecule has 0 atom stereocenters. The van der Waals surface area contributed by atoms with Gasteiger partial charge < -0.3 is 11.1 Å². The summed E-state index contributed by atoms with van der Waals surface area (Å²) in [4.78, 5) is 16.2. The molecule has 1 amide bonds. The second kappa shape index (κ2) is 6.12. The van der Waals surface area contributed by atoms with Crippen molar-refractivity contribution in [2.24, 2.45) is 5.73 Å². The van der Waals surface area contributed by atoms with E-state index in [0.29, 0.717) is 18.3 Å². The van der Waals surface area contributed by atoms with E-state index >= 15 is 0 Å². The molecule has 0 bridgehead atoms. The van der Waals surface area contributed by atoms with Gasteiger partial charge >= 0.3 is 0 Å². The molecule has 0 spiro atoms. The van der Waals surface area contributed by atoms with Crippen molar-refractivity contribution >= 4 is 17.2 Å². The fourth-order valence-electron chi connectivity index (χ4n) is 2.16. The molecule has 1 heterocycles. The van der Waals surface area contributed by atoms with Crippen molar-refractivity contribution < 1.29 is 4.79 Å². The van der Waals surface area contributed by atoms with Crippen LogP contribution in [0.1, 0.15) is 47.6 Å². The van der Waals surface area contributed by atoms with Gasteiger partial charge in [0.05, 0.1) is 5.01 Å². The fourth-order valence-corrected chi connectivity index (χ4v) is 2.95. The summed E-state index contributed by atoms with van der Waals surface area (Å²) in [6.45, 7) is 0.581. The number of nitrogens with two attached hydrogens (primary N) is 1. The summed E-state index contributed by atoms with van der Waals surface area (Å²) >= 11 is 1.51. The van der Waals surface area contributed by atoms with Gasteiger partial charge in [-0.15, -0.1) is 11.3 Å². The number of nitrogens with zero attached hydrogens (tertiary/aromatic N) is 1. The third-order valence-electron chi connectivity index (χ3n) is 3.08. The Kier molecular flexibility index (Phi) is 4.50. The van der Waals surface area contributed by atoms with Crippen molar-refractivity contribution in [1.82, 2.24) is 10.3 Å². The number of rotatable bonds is 4. The first-order valence-electron chi connectivity index (χ1n) is 6.25. The maximum Gasteiger partial charge on any atom is 0.270 e. The molecule has 94 valence electrons. The van der Waals surface area contributed by atoms with Crippen molar-refractivity contribution in [3.63, 3.8) is 0 Å². The Bertz CT molecular complexity index is 372. The van der Waals surface area contributed by atoms with Crippen LogP contribution in [-0.2, 0) is 6.42 Å². The topological polar surface area (TPSA) is 68.0 Å². The van der Waals surface area contributed by atoms with Crippen molar-refractivity contribution in [3.05, 3.63) is 16.1 Å². The molecule has 4 nitrogen and oxygen atoms in total. The van der Waals surface area contributed by atoms with Crippen LogP contribution in [0.2, 0.25) is 0 Å². The predicted octanol–water partition coefficient (Wildman–Crippen LogP) is 1.71. The number of carbonyl (C=O) groups is 1. The third kappa shape index (κ3) is 3.51. The first-order valence-corrected chi connectivity index (χ1v) is 7.13. The lowest BCUT2D eigenvalue weighted by atomic mass is 9.95. The Balaban J connectivity index is 1.89. The Morgan fingerprint density at radius 3 is 2.94 bits per heavy atom. The Hall–Kier alpha value is -0.940. The average Bonchev–Trinajstić information content (AvgIpc) is 2.79. The van der Waals surface area contributed by atoms with Gasteiger partial charge in [-0.25, -0.2) is 4.98 Å². The quantitative estimate of drug-likeness (QED) is 0.858. The van der Waals surface area contributed by atoms with Gasteiger partial charge in [0.1, 0.15) is 5.69 Å². The highest BCUT2D eigenvalue weighted by Gasteiger charge is 2.18. The lowest BCUT2D eigenvalue weighted by Crippen LogP contribution is -2.36. The number of hydrogen-bond acceptors (Lipinski definition) is 4. The monoisotopic (exact) mass is 253 g/mol. The smallest absolute Gasteiger partial charge is 0.270 e. The van der Waals surface area contributed by atoms with Gasteiger partial charge in [0.2, 0.25) is 0 Å². The fraction of sp³-hybridized carbons (Fsp3) is 0.667. The summed E-state index contributed by atoms with van der Waals surface area (Å²) in [6.07, 6.45) is 6.70. The van der Waals surface area contributed by atoms with Crippen molar-refractivity contribution in [2.75, 3.05) is 6.54 Å². The molecule has 0 radical (unpaired) electrons. The molecule has 1 fully saturated rings. The summed E-state index contributed by atoms with van der Waals surface area (Å²) in [5, 5.41) is 5.83. The van der Waals surface area contributed by atoms with Crippen molar-refractivity contribution in [3.8, 4) is 0 Å². The lowest BCUT2D eigenvalue weighted by Gasteiger charge is -2.22. The number of thiazole rings is 1. The zero-order valence-corrected chi connectivity index (χ0v) is 10.8. The molecule has 1 aliphatic rings. The summed E-state index contributed by atoms with van der Waals surface area (Å²) in [5.74, 6) is -0.0311. The van der Waals surface area contributed by atoms with Gasteiger partial charge in [-0.3, -0.25) is 4.79 Å². The molecule has 17 heavy (non-hydrogen) atoms. The Morgan fingerprint density at radius 1 is 1.47 bits per heavy atom. The van der Waals surface area contributed by atoms with Crippen LogP contribution < -0.4 is 11.1 Å². The minimum absolute atomic E-state index is 0.0311. The predicted molar refractivity (Wildman–Crippen MR) is 69.2 cm³/mol. The molecule has 1 saturated carbocycles. The lowest BCUT2D eigenvalue weighted by molar-refractivity contribution is 0.0923. The minimum Gasteiger partial charge on any atom is -0.348 e. The second-order valence-corrected chi connectivity index (χ2v) is 5.42.